The molecule has 0 saturated carbocycles. The van der Waals surface area contributed by atoms with E-state index in [2.05, 4.69) is 0 Å². The molecule has 0 rings (SSSR count). The third-order valence-electron chi connectivity index (χ3n) is 0.612. The summed E-state index contributed by atoms with van der Waals surface area (Å²) in [6, 6.07) is 0. The summed E-state index contributed by atoms with van der Waals surface area (Å²) in [6.45, 7) is 7.76. The predicted octanol–water partition coefficient (Wildman–Crippen LogP) is 3.24. The van der Waals surface area contributed by atoms with E-state index >= 15 is 0 Å². The van der Waals surface area contributed by atoms with E-state index in [4.69, 9.17) is 27.9 Å². The molecule has 0 unspecified atom stereocenters. The van der Waals surface area contributed by atoms with Gasteiger partial charge in [0.1, 0.15) is 4.84 Å². The van der Waals surface area contributed by atoms with Gasteiger partial charge in [-0.2, -0.15) is 0 Å². The van der Waals surface area contributed by atoms with Gasteiger partial charge in [0.25, 0.3) is 0 Å². The highest BCUT2D eigenvalue weighted by Gasteiger charge is 2.03. The molecular formula is C7H16Cl2O. The smallest absolute Gasteiger partial charge is 0.105 e. The molecule has 0 aromatic rings. The Morgan fingerprint density at radius 1 is 1.20 bits per heavy atom. The molecule has 0 saturated heterocycles. The van der Waals surface area contributed by atoms with Crippen molar-refractivity contribution in [3.8, 4) is 0 Å². The lowest BCUT2D eigenvalue weighted by Crippen LogP contribution is -2.15. The lowest BCUT2D eigenvalue weighted by Gasteiger charge is -2.14. The van der Waals surface area contributed by atoms with Crippen molar-refractivity contribution < 1.29 is 4.74 Å². The largest absolute Gasteiger partial charge is 0.379 e. The lowest BCUT2D eigenvalue weighted by molar-refractivity contribution is 0.0397. The van der Waals surface area contributed by atoms with Crippen molar-refractivity contribution in [1.29, 1.82) is 0 Å². The van der Waals surface area contributed by atoms with Crippen LogP contribution < -0.4 is 0 Å². The van der Waals surface area contributed by atoms with E-state index in [1.165, 1.54) is 0 Å². The van der Waals surface area contributed by atoms with Gasteiger partial charge in [0.2, 0.25) is 0 Å². The molecule has 0 atom stereocenters. The SMILES string of the molecule is CC(Cl)Cl.COC(C)(C)C. The second kappa shape index (κ2) is 6.26. The molecule has 0 fully saturated rings. The molecule has 0 aliphatic rings. The standard InChI is InChI=1S/C5H12O.C2H4Cl2/c1-5(2,3)6-4;1-2(3)4/h1-4H3;2H,1H3. The molecule has 0 radical (unpaired) electrons. The molecule has 0 amide bonds. The summed E-state index contributed by atoms with van der Waals surface area (Å²) in [7, 11) is 1.71. The Bertz CT molecular complexity index is 63.7. The summed E-state index contributed by atoms with van der Waals surface area (Å²) in [5, 5.41) is 0. The fraction of sp³-hybridized carbons (Fsp3) is 1.00. The predicted molar refractivity (Wildman–Crippen MR) is 47.9 cm³/mol. The maximum Gasteiger partial charge on any atom is 0.105 e. The van der Waals surface area contributed by atoms with Crippen molar-refractivity contribution >= 4 is 23.2 Å². The van der Waals surface area contributed by atoms with Crippen LogP contribution in [0, 0.1) is 0 Å². The number of methoxy groups -OCH3 is 1. The van der Waals surface area contributed by atoms with Crippen LogP contribution >= 0.6 is 23.2 Å². The topological polar surface area (TPSA) is 9.23 Å². The number of ether oxygens (including phenoxy) is 1. The van der Waals surface area contributed by atoms with Crippen LogP contribution in [0.2, 0.25) is 0 Å². The molecule has 1 nitrogen and oxygen atoms in total. The van der Waals surface area contributed by atoms with Gasteiger partial charge in [-0.05, 0) is 27.7 Å². The highest BCUT2D eigenvalue weighted by Crippen LogP contribution is 2.02. The average molecular weight is 187 g/mol. The van der Waals surface area contributed by atoms with Crippen molar-refractivity contribution in [3.05, 3.63) is 0 Å². The molecule has 3 heteroatoms. The summed E-state index contributed by atoms with van der Waals surface area (Å²) in [5.74, 6) is 0. The second-order valence-corrected chi connectivity index (χ2v) is 4.37. The van der Waals surface area contributed by atoms with Gasteiger partial charge in [0, 0.05) is 7.11 Å². The van der Waals surface area contributed by atoms with E-state index in [1.807, 2.05) is 20.8 Å². The van der Waals surface area contributed by atoms with Gasteiger partial charge in [0.15, 0.2) is 0 Å². The zero-order chi connectivity index (χ0) is 8.78. The molecule has 0 bridgehead atoms. The Labute approximate surface area is 73.7 Å². The van der Waals surface area contributed by atoms with Gasteiger partial charge in [-0.25, -0.2) is 0 Å². The van der Waals surface area contributed by atoms with Gasteiger partial charge in [0.05, 0.1) is 5.60 Å². The van der Waals surface area contributed by atoms with E-state index in [0.29, 0.717) is 0 Å². The zero-order valence-electron chi connectivity index (χ0n) is 7.24. The Morgan fingerprint density at radius 3 is 1.30 bits per heavy atom. The molecular weight excluding hydrogens is 171 g/mol. The minimum Gasteiger partial charge on any atom is -0.379 e. The maximum absolute atomic E-state index is 5.04. The highest BCUT2D eigenvalue weighted by molar-refractivity contribution is 6.43. The third-order valence-corrected chi connectivity index (χ3v) is 0.612. The van der Waals surface area contributed by atoms with Crippen LogP contribution in [0.15, 0.2) is 0 Å². The maximum atomic E-state index is 5.04. The van der Waals surface area contributed by atoms with Crippen LogP contribution in [0.4, 0.5) is 0 Å². The van der Waals surface area contributed by atoms with Crippen molar-refractivity contribution in [3.63, 3.8) is 0 Å². The molecule has 10 heavy (non-hydrogen) atoms. The first-order valence-corrected chi connectivity index (χ1v) is 4.00. The summed E-state index contributed by atoms with van der Waals surface area (Å²) < 4.78 is 4.94. The van der Waals surface area contributed by atoms with Crippen LogP contribution in [0.1, 0.15) is 27.7 Å². The summed E-state index contributed by atoms with van der Waals surface area (Å²) in [4.78, 5) is -0.222. The number of rotatable bonds is 0. The number of hydrogen-bond acceptors (Lipinski definition) is 1. The number of halogens is 2. The van der Waals surface area contributed by atoms with E-state index < -0.39 is 0 Å². The first kappa shape index (κ1) is 13.2. The van der Waals surface area contributed by atoms with Crippen molar-refractivity contribution in [1.82, 2.24) is 0 Å². The van der Waals surface area contributed by atoms with Crippen LogP contribution in [-0.4, -0.2) is 17.5 Å². The minimum atomic E-state index is -0.222. The lowest BCUT2D eigenvalue weighted by atomic mass is 10.2. The van der Waals surface area contributed by atoms with Gasteiger partial charge in [-0.15, -0.1) is 23.2 Å². The van der Waals surface area contributed by atoms with Gasteiger partial charge < -0.3 is 4.74 Å². The monoisotopic (exact) mass is 186 g/mol. The average Bonchev–Trinajstić information content (AvgIpc) is 1.63. The Balaban J connectivity index is 0. The molecule has 0 spiro atoms. The Morgan fingerprint density at radius 2 is 1.30 bits per heavy atom. The first-order valence-electron chi connectivity index (χ1n) is 3.13. The van der Waals surface area contributed by atoms with Crippen LogP contribution in [0.25, 0.3) is 0 Å². The molecule has 0 heterocycles. The molecule has 0 N–H and O–H groups in total. The Hall–Kier alpha value is 0.540. The second-order valence-electron chi connectivity index (χ2n) is 2.84. The first-order chi connectivity index (χ1) is 4.29. The van der Waals surface area contributed by atoms with Crippen molar-refractivity contribution in [2.24, 2.45) is 0 Å². The summed E-state index contributed by atoms with van der Waals surface area (Å²) in [6.07, 6.45) is 0. The molecule has 0 aromatic heterocycles. The number of alkyl halides is 2. The van der Waals surface area contributed by atoms with Gasteiger partial charge in [-0.3, -0.25) is 0 Å². The Kier molecular flexibility index (Phi) is 8.24. The van der Waals surface area contributed by atoms with Gasteiger partial charge in [-0.1, -0.05) is 0 Å². The molecule has 64 valence electrons. The zero-order valence-corrected chi connectivity index (χ0v) is 8.75. The van der Waals surface area contributed by atoms with Crippen molar-refractivity contribution in [2.75, 3.05) is 7.11 Å². The fourth-order valence-corrected chi connectivity index (χ4v) is 0. The van der Waals surface area contributed by atoms with Gasteiger partial charge >= 0.3 is 0 Å². The van der Waals surface area contributed by atoms with E-state index in [0.717, 1.165) is 0 Å². The third kappa shape index (κ3) is 38.7. The minimum absolute atomic E-state index is 0.0417. The fourth-order valence-electron chi connectivity index (χ4n) is 0. The summed E-state index contributed by atoms with van der Waals surface area (Å²) in [5.41, 5.74) is 0.0417. The van der Waals surface area contributed by atoms with E-state index in [1.54, 1.807) is 14.0 Å². The molecule has 0 aromatic carbocycles. The van der Waals surface area contributed by atoms with Crippen LogP contribution in [0.5, 0.6) is 0 Å². The van der Waals surface area contributed by atoms with Crippen LogP contribution in [-0.2, 0) is 4.74 Å². The normalized spacial score (nSPS) is 10.8. The van der Waals surface area contributed by atoms with E-state index in [-0.39, 0.29) is 10.4 Å². The quantitative estimate of drug-likeness (QED) is 0.529. The number of hydrogen-bond donors (Lipinski definition) is 0. The highest BCUT2D eigenvalue weighted by atomic mass is 35.5. The molecule has 0 aliphatic carbocycles. The van der Waals surface area contributed by atoms with E-state index in [9.17, 15) is 0 Å². The summed E-state index contributed by atoms with van der Waals surface area (Å²) >= 11 is 10.1. The van der Waals surface area contributed by atoms with Crippen LogP contribution in [0.3, 0.4) is 0 Å². The van der Waals surface area contributed by atoms with Crippen molar-refractivity contribution in [2.45, 2.75) is 38.1 Å². The molecule has 0 aliphatic heterocycles.